The van der Waals surface area contributed by atoms with Crippen LogP contribution in [-0.4, -0.2) is 24.1 Å². The zero-order valence-electron chi connectivity index (χ0n) is 12.8. The van der Waals surface area contributed by atoms with E-state index in [1.165, 1.54) is 0 Å². The third kappa shape index (κ3) is 3.29. The van der Waals surface area contributed by atoms with Crippen LogP contribution < -0.4 is 10.2 Å². The molecule has 0 aliphatic rings. The Morgan fingerprint density at radius 2 is 2.05 bits per heavy atom. The van der Waals surface area contributed by atoms with Crippen molar-refractivity contribution in [3.05, 3.63) is 46.8 Å². The van der Waals surface area contributed by atoms with Crippen LogP contribution in [-0.2, 0) is 6.54 Å². The number of anilines is 2. The third-order valence-corrected chi connectivity index (χ3v) is 3.31. The van der Waals surface area contributed by atoms with Gasteiger partial charge in [0, 0.05) is 26.2 Å². The van der Waals surface area contributed by atoms with Gasteiger partial charge in [-0.05, 0) is 31.5 Å². The Balaban J connectivity index is 2.30. The standard InChI is InChI=1S/C16H19N5/c1-11-15(18-3)19-12(2)20-16(11)21(4)10-14-7-5-6-13(8-14)9-17/h5-8H,10H2,1-4H3,(H,18,19,20). The number of rotatable bonds is 4. The number of aryl methyl sites for hydroxylation is 1. The van der Waals surface area contributed by atoms with Gasteiger partial charge in [-0.25, -0.2) is 9.97 Å². The Kier molecular flexibility index (Phi) is 4.39. The van der Waals surface area contributed by atoms with E-state index in [1.807, 2.05) is 52.2 Å². The monoisotopic (exact) mass is 281 g/mol. The van der Waals surface area contributed by atoms with Crippen LogP contribution in [0.15, 0.2) is 24.3 Å². The lowest BCUT2D eigenvalue weighted by Gasteiger charge is -2.22. The van der Waals surface area contributed by atoms with E-state index in [-0.39, 0.29) is 0 Å². The van der Waals surface area contributed by atoms with Crippen molar-refractivity contribution < 1.29 is 0 Å². The van der Waals surface area contributed by atoms with Gasteiger partial charge in [0.05, 0.1) is 11.6 Å². The molecule has 0 bridgehead atoms. The van der Waals surface area contributed by atoms with Gasteiger partial charge in [0.15, 0.2) is 0 Å². The zero-order valence-corrected chi connectivity index (χ0v) is 12.8. The topological polar surface area (TPSA) is 64.8 Å². The van der Waals surface area contributed by atoms with Crippen LogP contribution in [0.2, 0.25) is 0 Å². The average molecular weight is 281 g/mol. The van der Waals surface area contributed by atoms with Gasteiger partial charge in [0.2, 0.25) is 0 Å². The molecule has 0 saturated carbocycles. The summed E-state index contributed by atoms with van der Waals surface area (Å²) in [5.41, 5.74) is 2.77. The highest BCUT2D eigenvalue weighted by Gasteiger charge is 2.12. The SMILES string of the molecule is CNc1nc(C)nc(N(C)Cc2cccc(C#N)c2)c1C. The minimum absolute atomic E-state index is 0.674. The van der Waals surface area contributed by atoms with Crippen molar-refractivity contribution in [1.29, 1.82) is 5.26 Å². The summed E-state index contributed by atoms with van der Waals surface area (Å²) in [6, 6.07) is 9.79. The van der Waals surface area contributed by atoms with E-state index < -0.39 is 0 Å². The van der Waals surface area contributed by atoms with Crippen molar-refractivity contribution in [1.82, 2.24) is 9.97 Å². The van der Waals surface area contributed by atoms with E-state index in [4.69, 9.17) is 5.26 Å². The molecular formula is C16H19N5. The minimum Gasteiger partial charge on any atom is -0.373 e. The second kappa shape index (κ2) is 6.23. The Bertz CT molecular complexity index is 688. The van der Waals surface area contributed by atoms with Gasteiger partial charge in [-0.15, -0.1) is 0 Å². The molecule has 5 nitrogen and oxygen atoms in total. The molecule has 108 valence electrons. The molecule has 2 aromatic rings. The number of hydrogen-bond donors (Lipinski definition) is 1. The van der Waals surface area contributed by atoms with E-state index in [9.17, 15) is 0 Å². The minimum atomic E-state index is 0.674. The second-order valence-corrected chi connectivity index (χ2v) is 4.99. The number of hydrogen-bond acceptors (Lipinski definition) is 5. The average Bonchev–Trinajstić information content (AvgIpc) is 2.49. The number of benzene rings is 1. The molecular weight excluding hydrogens is 262 g/mol. The van der Waals surface area contributed by atoms with Crippen molar-refractivity contribution in [2.24, 2.45) is 0 Å². The number of nitrogens with one attached hydrogen (secondary N) is 1. The molecule has 0 fully saturated rings. The fraction of sp³-hybridized carbons (Fsp3) is 0.312. The molecule has 1 aromatic carbocycles. The Morgan fingerprint density at radius 1 is 1.29 bits per heavy atom. The van der Waals surface area contributed by atoms with E-state index >= 15 is 0 Å². The maximum atomic E-state index is 8.97. The van der Waals surface area contributed by atoms with Crippen molar-refractivity contribution in [3.8, 4) is 6.07 Å². The Hall–Kier alpha value is -2.61. The van der Waals surface area contributed by atoms with Crippen LogP contribution in [0, 0.1) is 25.2 Å². The molecule has 21 heavy (non-hydrogen) atoms. The summed E-state index contributed by atoms with van der Waals surface area (Å²) in [4.78, 5) is 11.0. The van der Waals surface area contributed by atoms with E-state index in [0.717, 1.165) is 28.6 Å². The highest BCUT2D eigenvalue weighted by Crippen LogP contribution is 2.23. The molecule has 0 radical (unpaired) electrons. The van der Waals surface area contributed by atoms with Crippen LogP contribution in [0.3, 0.4) is 0 Å². The Morgan fingerprint density at radius 3 is 2.71 bits per heavy atom. The molecule has 0 saturated heterocycles. The molecule has 0 atom stereocenters. The molecule has 1 heterocycles. The van der Waals surface area contributed by atoms with Crippen LogP contribution in [0.4, 0.5) is 11.6 Å². The third-order valence-electron chi connectivity index (χ3n) is 3.31. The van der Waals surface area contributed by atoms with Gasteiger partial charge in [0.25, 0.3) is 0 Å². The van der Waals surface area contributed by atoms with Gasteiger partial charge in [-0.2, -0.15) is 5.26 Å². The predicted octanol–water partition coefficient (Wildman–Crippen LogP) is 2.64. The largest absolute Gasteiger partial charge is 0.373 e. The van der Waals surface area contributed by atoms with Gasteiger partial charge in [-0.3, -0.25) is 0 Å². The quantitative estimate of drug-likeness (QED) is 0.933. The molecule has 0 amide bonds. The summed E-state index contributed by atoms with van der Waals surface area (Å²) in [5, 5.41) is 12.1. The second-order valence-electron chi connectivity index (χ2n) is 4.99. The van der Waals surface area contributed by atoms with E-state index in [1.54, 1.807) is 0 Å². The molecule has 1 N–H and O–H groups in total. The lowest BCUT2D eigenvalue weighted by atomic mass is 10.1. The molecule has 0 spiro atoms. The summed E-state index contributed by atoms with van der Waals surface area (Å²) in [7, 11) is 3.85. The zero-order chi connectivity index (χ0) is 15.4. The lowest BCUT2D eigenvalue weighted by Crippen LogP contribution is -2.20. The Labute approximate surface area is 125 Å². The summed E-state index contributed by atoms with van der Waals surface area (Å²) in [5.74, 6) is 2.47. The van der Waals surface area contributed by atoms with E-state index in [0.29, 0.717) is 12.1 Å². The van der Waals surface area contributed by atoms with Crippen LogP contribution in [0.1, 0.15) is 22.5 Å². The predicted molar refractivity (Wildman–Crippen MR) is 84.3 cm³/mol. The fourth-order valence-electron chi connectivity index (χ4n) is 2.32. The number of aromatic nitrogens is 2. The van der Waals surface area contributed by atoms with Crippen molar-refractivity contribution >= 4 is 11.6 Å². The maximum absolute atomic E-state index is 8.97. The van der Waals surface area contributed by atoms with Gasteiger partial charge in [0.1, 0.15) is 17.5 Å². The van der Waals surface area contributed by atoms with Gasteiger partial charge < -0.3 is 10.2 Å². The molecule has 0 unspecified atom stereocenters. The first-order chi connectivity index (χ1) is 10.0. The summed E-state index contributed by atoms with van der Waals surface area (Å²) in [6.07, 6.45) is 0. The number of nitriles is 1. The van der Waals surface area contributed by atoms with Gasteiger partial charge in [-0.1, -0.05) is 12.1 Å². The molecule has 5 heteroatoms. The molecule has 0 aliphatic carbocycles. The highest BCUT2D eigenvalue weighted by molar-refractivity contribution is 5.58. The van der Waals surface area contributed by atoms with Crippen molar-refractivity contribution in [2.45, 2.75) is 20.4 Å². The van der Waals surface area contributed by atoms with Crippen LogP contribution >= 0.6 is 0 Å². The van der Waals surface area contributed by atoms with Crippen molar-refractivity contribution in [3.63, 3.8) is 0 Å². The first kappa shape index (κ1) is 14.8. The number of nitrogens with zero attached hydrogens (tertiary/aromatic N) is 4. The first-order valence-corrected chi connectivity index (χ1v) is 6.78. The van der Waals surface area contributed by atoms with E-state index in [2.05, 4.69) is 26.3 Å². The van der Waals surface area contributed by atoms with Gasteiger partial charge >= 0.3 is 0 Å². The van der Waals surface area contributed by atoms with Crippen molar-refractivity contribution in [2.75, 3.05) is 24.3 Å². The summed E-state index contributed by atoms with van der Waals surface area (Å²) in [6.45, 7) is 4.58. The summed E-state index contributed by atoms with van der Waals surface area (Å²) >= 11 is 0. The normalized spacial score (nSPS) is 10.0. The van der Waals surface area contributed by atoms with Crippen LogP contribution in [0.25, 0.3) is 0 Å². The molecule has 1 aromatic heterocycles. The highest BCUT2D eigenvalue weighted by atomic mass is 15.2. The smallest absolute Gasteiger partial charge is 0.137 e. The maximum Gasteiger partial charge on any atom is 0.137 e. The van der Waals surface area contributed by atoms with Crippen LogP contribution in [0.5, 0.6) is 0 Å². The summed E-state index contributed by atoms with van der Waals surface area (Å²) < 4.78 is 0. The fourth-order valence-corrected chi connectivity index (χ4v) is 2.32. The lowest BCUT2D eigenvalue weighted by molar-refractivity contribution is 0.870. The molecule has 0 aliphatic heterocycles. The molecule has 2 rings (SSSR count). The first-order valence-electron chi connectivity index (χ1n) is 6.78.